The second-order valence-corrected chi connectivity index (χ2v) is 5.11. The fourth-order valence-corrected chi connectivity index (χ4v) is 2.08. The Morgan fingerprint density at radius 2 is 1.85 bits per heavy atom. The van der Waals surface area contributed by atoms with Crippen molar-refractivity contribution in [2.24, 2.45) is 5.73 Å². The van der Waals surface area contributed by atoms with Gasteiger partial charge in [-0.25, -0.2) is 0 Å². The fraction of sp³-hybridized carbons (Fsp3) is 0.929. The van der Waals surface area contributed by atoms with Crippen molar-refractivity contribution in [3.63, 3.8) is 0 Å². The minimum absolute atomic E-state index is 0.0612. The van der Waals surface area contributed by atoms with Gasteiger partial charge in [-0.15, -0.1) is 0 Å². The quantitative estimate of drug-likeness (QED) is 0.552. The van der Waals surface area contributed by atoms with E-state index < -0.39 is 0 Å². The fourth-order valence-electron chi connectivity index (χ4n) is 2.08. The summed E-state index contributed by atoms with van der Waals surface area (Å²) in [5.74, 6) is 0.0612. The zero-order chi connectivity index (χ0) is 14.6. The van der Waals surface area contributed by atoms with Crippen LogP contribution >= 0.6 is 0 Å². The molecule has 20 heavy (non-hydrogen) atoms. The number of hydrogen-bond donors (Lipinski definition) is 2. The predicted molar refractivity (Wildman–Crippen MR) is 78.6 cm³/mol. The summed E-state index contributed by atoms with van der Waals surface area (Å²) in [4.78, 5) is 13.3. The molecule has 0 aliphatic carbocycles. The van der Waals surface area contributed by atoms with Crippen LogP contribution in [0.5, 0.6) is 0 Å². The summed E-state index contributed by atoms with van der Waals surface area (Å²) in [6.45, 7) is 8.00. The number of hydrogen-bond acceptors (Lipinski definition) is 5. The lowest BCUT2D eigenvalue weighted by Crippen LogP contribution is -2.41. The summed E-state index contributed by atoms with van der Waals surface area (Å²) in [6.07, 6.45) is 2.70. The number of ether oxygens (including phenoxy) is 2. The highest BCUT2D eigenvalue weighted by Crippen LogP contribution is 2.07. The maximum Gasteiger partial charge on any atom is 0.219 e. The Hall–Kier alpha value is -0.690. The van der Waals surface area contributed by atoms with Crippen molar-refractivity contribution in [1.29, 1.82) is 0 Å². The molecule has 0 saturated carbocycles. The van der Waals surface area contributed by atoms with Gasteiger partial charge in [0.1, 0.15) is 0 Å². The van der Waals surface area contributed by atoms with E-state index in [0.29, 0.717) is 38.8 Å². The Morgan fingerprint density at radius 1 is 1.20 bits per heavy atom. The van der Waals surface area contributed by atoms with E-state index in [9.17, 15) is 4.79 Å². The summed E-state index contributed by atoms with van der Waals surface area (Å²) in [5, 5.41) is 2.76. The van der Waals surface area contributed by atoms with Crippen LogP contribution in [0.4, 0.5) is 0 Å². The number of carbonyl (C=O) groups is 1. The lowest BCUT2D eigenvalue weighted by molar-refractivity contribution is -0.121. The van der Waals surface area contributed by atoms with Crippen molar-refractivity contribution < 1.29 is 14.3 Å². The second-order valence-electron chi connectivity index (χ2n) is 5.11. The van der Waals surface area contributed by atoms with E-state index in [1.54, 1.807) is 0 Å². The van der Waals surface area contributed by atoms with E-state index in [4.69, 9.17) is 15.2 Å². The van der Waals surface area contributed by atoms with Gasteiger partial charge in [0.25, 0.3) is 0 Å². The third kappa shape index (κ3) is 8.47. The molecule has 0 atom stereocenters. The minimum Gasteiger partial charge on any atom is -0.378 e. The predicted octanol–water partition coefficient (Wildman–Crippen LogP) is -0.0311. The first kappa shape index (κ1) is 17.4. The molecular formula is C14H29N3O3. The zero-order valence-electron chi connectivity index (χ0n) is 12.6. The number of nitrogens with two attached hydrogens (primary N) is 1. The lowest BCUT2D eigenvalue weighted by Gasteiger charge is -2.29. The third-order valence-electron chi connectivity index (χ3n) is 3.45. The Morgan fingerprint density at radius 3 is 2.50 bits per heavy atom. The molecular weight excluding hydrogens is 258 g/mol. The highest BCUT2D eigenvalue weighted by molar-refractivity contribution is 5.75. The zero-order valence-corrected chi connectivity index (χ0v) is 12.6. The Balaban J connectivity index is 1.80. The normalized spacial score (nSPS) is 17.3. The van der Waals surface area contributed by atoms with E-state index in [0.717, 1.165) is 39.1 Å². The van der Waals surface area contributed by atoms with Crippen molar-refractivity contribution in [1.82, 2.24) is 10.2 Å². The number of carbonyl (C=O) groups excluding carboxylic acids is 1. The van der Waals surface area contributed by atoms with Crippen LogP contribution in [-0.4, -0.2) is 69.5 Å². The molecule has 1 aliphatic rings. The summed E-state index contributed by atoms with van der Waals surface area (Å²) in [5.41, 5.74) is 5.86. The maximum absolute atomic E-state index is 11.0. The van der Waals surface area contributed by atoms with Crippen LogP contribution in [0.1, 0.15) is 26.2 Å². The Bertz CT molecular complexity index is 256. The second kappa shape index (κ2) is 11.0. The van der Waals surface area contributed by atoms with Gasteiger partial charge in [0.15, 0.2) is 0 Å². The van der Waals surface area contributed by atoms with Gasteiger partial charge >= 0.3 is 0 Å². The molecule has 0 aromatic heterocycles. The highest BCUT2D eigenvalue weighted by Gasteiger charge is 2.14. The molecule has 1 aliphatic heterocycles. The molecule has 6 heteroatoms. The van der Waals surface area contributed by atoms with Crippen molar-refractivity contribution in [2.75, 3.05) is 52.6 Å². The number of amides is 1. The topological polar surface area (TPSA) is 76.8 Å². The highest BCUT2D eigenvalue weighted by atomic mass is 16.5. The molecule has 0 spiro atoms. The maximum atomic E-state index is 11.0. The largest absolute Gasteiger partial charge is 0.378 e. The molecule has 1 fully saturated rings. The molecule has 118 valence electrons. The molecule has 0 unspecified atom stereocenters. The molecule has 1 saturated heterocycles. The first-order chi connectivity index (χ1) is 9.72. The van der Waals surface area contributed by atoms with Gasteiger partial charge in [-0.05, 0) is 25.9 Å². The number of rotatable bonds is 10. The van der Waals surface area contributed by atoms with E-state index in [-0.39, 0.29) is 5.91 Å². The van der Waals surface area contributed by atoms with Gasteiger partial charge in [-0.1, -0.05) is 6.92 Å². The molecule has 0 radical (unpaired) electrons. The molecule has 3 N–H and O–H groups in total. The molecule has 0 bridgehead atoms. The number of nitrogens with one attached hydrogen (secondary N) is 1. The van der Waals surface area contributed by atoms with E-state index in [1.165, 1.54) is 0 Å². The third-order valence-corrected chi connectivity index (χ3v) is 3.45. The van der Waals surface area contributed by atoms with Gasteiger partial charge in [0.05, 0.1) is 26.4 Å². The van der Waals surface area contributed by atoms with Crippen molar-refractivity contribution in [3.8, 4) is 0 Å². The summed E-state index contributed by atoms with van der Waals surface area (Å²) in [6, 6.07) is 0.383. The van der Waals surface area contributed by atoms with Crippen LogP contribution in [0.2, 0.25) is 0 Å². The molecule has 1 amide bonds. The summed E-state index contributed by atoms with van der Waals surface area (Å²) in [7, 11) is 0. The first-order valence-electron chi connectivity index (χ1n) is 7.62. The monoisotopic (exact) mass is 287 g/mol. The SMILES string of the molecule is CCC(=O)NCCOCCOCCN1CCC(N)CC1. The van der Waals surface area contributed by atoms with Gasteiger partial charge in [-0.2, -0.15) is 0 Å². The molecule has 0 aromatic rings. The van der Waals surface area contributed by atoms with Gasteiger partial charge in [0, 0.05) is 25.6 Å². The molecule has 6 nitrogen and oxygen atoms in total. The molecule has 1 rings (SSSR count). The molecule has 0 aromatic carbocycles. The molecule has 1 heterocycles. The standard InChI is InChI=1S/C14H29N3O3/c1-2-14(18)16-5-9-19-11-12-20-10-8-17-6-3-13(15)4-7-17/h13H,2-12,15H2,1H3,(H,16,18). The minimum atomic E-state index is 0.0612. The average Bonchev–Trinajstić information content (AvgIpc) is 2.47. The van der Waals surface area contributed by atoms with E-state index in [1.807, 2.05) is 6.92 Å². The van der Waals surface area contributed by atoms with E-state index >= 15 is 0 Å². The van der Waals surface area contributed by atoms with Gasteiger partial charge in [-0.3, -0.25) is 4.79 Å². The van der Waals surface area contributed by atoms with Crippen LogP contribution in [-0.2, 0) is 14.3 Å². The Labute approximate surface area is 122 Å². The van der Waals surface area contributed by atoms with Gasteiger partial charge in [0.2, 0.25) is 5.91 Å². The van der Waals surface area contributed by atoms with Crippen LogP contribution in [0.3, 0.4) is 0 Å². The summed E-state index contributed by atoms with van der Waals surface area (Å²) < 4.78 is 10.9. The van der Waals surface area contributed by atoms with Crippen molar-refractivity contribution >= 4 is 5.91 Å². The smallest absolute Gasteiger partial charge is 0.219 e. The van der Waals surface area contributed by atoms with Crippen LogP contribution in [0.15, 0.2) is 0 Å². The van der Waals surface area contributed by atoms with E-state index in [2.05, 4.69) is 10.2 Å². The number of nitrogens with zero attached hydrogens (tertiary/aromatic N) is 1. The van der Waals surface area contributed by atoms with Crippen molar-refractivity contribution in [3.05, 3.63) is 0 Å². The van der Waals surface area contributed by atoms with Gasteiger partial charge < -0.3 is 25.4 Å². The van der Waals surface area contributed by atoms with Crippen LogP contribution in [0, 0.1) is 0 Å². The lowest BCUT2D eigenvalue weighted by atomic mass is 10.1. The Kier molecular flexibility index (Phi) is 9.57. The first-order valence-corrected chi connectivity index (χ1v) is 7.62. The number of piperidine rings is 1. The van der Waals surface area contributed by atoms with Crippen LogP contribution in [0.25, 0.3) is 0 Å². The average molecular weight is 287 g/mol. The summed E-state index contributed by atoms with van der Waals surface area (Å²) >= 11 is 0. The number of likely N-dealkylation sites (tertiary alicyclic amines) is 1. The van der Waals surface area contributed by atoms with Crippen molar-refractivity contribution in [2.45, 2.75) is 32.2 Å². The van der Waals surface area contributed by atoms with Crippen LogP contribution < -0.4 is 11.1 Å².